The zero-order valence-corrected chi connectivity index (χ0v) is 10.1. The molecule has 18 heavy (non-hydrogen) atoms. The molecule has 2 rings (SSSR count). The number of aromatic carboxylic acids is 1. The van der Waals surface area contributed by atoms with Crippen LogP contribution in [0.5, 0.6) is 0 Å². The van der Waals surface area contributed by atoms with Crippen LogP contribution in [0.3, 0.4) is 0 Å². The van der Waals surface area contributed by atoms with Crippen LogP contribution in [0.25, 0.3) is 11.3 Å². The average molecular weight is 267 g/mol. The maximum Gasteiger partial charge on any atom is 0.358 e. The highest BCUT2D eigenvalue weighted by Crippen LogP contribution is 2.22. The summed E-state index contributed by atoms with van der Waals surface area (Å²) in [4.78, 5) is 10.8. The van der Waals surface area contributed by atoms with Gasteiger partial charge >= 0.3 is 5.97 Å². The Kier molecular flexibility index (Phi) is 2.92. The van der Waals surface area contributed by atoms with E-state index in [1.165, 1.54) is 30.3 Å². The van der Waals surface area contributed by atoms with Crippen LogP contribution in [-0.2, 0) is 9.84 Å². The van der Waals surface area contributed by atoms with Crippen LogP contribution in [0, 0.1) is 0 Å². The molecule has 0 amide bonds. The van der Waals surface area contributed by atoms with Crippen molar-refractivity contribution in [3.63, 3.8) is 0 Å². The molecular weight excluding hydrogens is 258 g/mol. The Morgan fingerprint density at radius 3 is 2.33 bits per heavy atom. The Balaban J connectivity index is 2.37. The first-order chi connectivity index (χ1) is 8.38. The predicted octanol–water partition coefficient (Wildman–Crippen LogP) is 1.44. The Labute approximate surface area is 103 Å². The summed E-state index contributed by atoms with van der Waals surface area (Å²) in [6.45, 7) is 0. The minimum atomic E-state index is -3.25. The smallest absolute Gasteiger partial charge is 0.358 e. The highest BCUT2D eigenvalue weighted by molar-refractivity contribution is 7.90. The molecule has 0 saturated heterocycles. The van der Waals surface area contributed by atoms with Gasteiger partial charge in [0.15, 0.2) is 21.3 Å². The van der Waals surface area contributed by atoms with Crippen molar-refractivity contribution in [1.82, 2.24) is 5.16 Å². The number of carboxylic acid groups (broad SMARTS) is 1. The molecule has 0 spiro atoms. The molecule has 1 aromatic heterocycles. The summed E-state index contributed by atoms with van der Waals surface area (Å²) in [5, 5.41) is 12.1. The Morgan fingerprint density at radius 2 is 1.89 bits per heavy atom. The molecule has 6 nitrogen and oxygen atoms in total. The average Bonchev–Trinajstić information content (AvgIpc) is 2.77. The van der Waals surface area contributed by atoms with Gasteiger partial charge in [-0.2, -0.15) is 0 Å². The molecule has 0 aliphatic heterocycles. The maximum absolute atomic E-state index is 11.3. The van der Waals surface area contributed by atoms with E-state index >= 15 is 0 Å². The maximum atomic E-state index is 11.3. The second-order valence-electron chi connectivity index (χ2n) is 3.68. The molecule has 1 N–H and O–H groups in total. The van der Waals surface area contributed by atoms with E-state index < -0.39 is 15.8 Å². The van der Waals surface area contributed by atoms with Crippen molar-refractivity contribution >= 4 is 15.8 Å². The van der Waals surface area contributed by atoms with Crippen molar-refractivity contribution in [1.29, 1.82) is 0 Å². The minimum Gasteiger partial charge on any atom is -0.476 e. The molecule has 0 aliphatic rings. The van der Waals surface area contributed by atoms with Gasteiger partial charge in [-0.05, 0) is 24.3 Å². The van der Waals surface area contributed by atoms with Crippen molar-refractivity contribution < 1.29 is 22.8 Å². The molecule has 0 unspecified atom stereocenters. The van der Waals surface area contributed by atoms with E-state index in [1.54, 1.807) is 0 Å². The summed E-state index contributed by atoms with van der Waals surface area (Å²) in [6.07, 6.45) is 1.11. The lowest BCUT2D eigenvalue weighted by Crippen LogP contribution is -1.96. The third kappa shape index (κ3) is 2.40. The lowest BCUT2D eigenvalue weighted by molar-refractivity contribution is 0.0686. The fourth-order valence-electron chi connectivity index (χ4n) is 1.38. The van der Waals surface area contributed by atoms with Gasteiger partial charge in [-0.3, -0.25) is 0 Å². The van der Waals surface area contributed by atoms with Crippen LogP contribution >= 0.6 is 0 Å². The number of hydrogen-bond donors (Lipinski definition) is 1. The molecular formula is C11H9NO5S. The van der Waals surface area contributed by atoms with E-state index in [1.807, 2.05) is 0 Å². The van der Waals surface area contributed by atoms with Gasteiger partial charge in [0.05, 0.1) is 4.90 Å². The molecule has 0 atom stereocenters. The van der Waals surface area contributed by atoms with Gasteiger partial charge in [0.25, 0.3) is 0 Å². The zero-order valence-electron chi connectivity index (χ0n) is 9.32. The third-order valence-corrected chi connectivity index (χ3v) is 3.42. The number of nitrogens with zero attached hydrogens (tertiary/aromatic N) is 1. The molecule has 0 saturated carbocycles. The lowest BCUT2D eigenvalue weighted by Gasteiger charge is -1.99. The van der Waals surface area contributed by atoms with Gasteiger partial charge < -0.3 is 9.63 Å². The van der Waals surface area contributed by atoms with Crippen molar-refractivity contribution in [2.75, 3.05) is 6.26 Å². The number of hydrogen-bond acceptors (Lipinski definition) is 5. The molecule has 0 bridgehead atoms. The molecule has 7 heteroatoms. The first-order valence-electron chi connectivity index (χ1n) is 4.88. The van der Waals surface area contributed by atoms with E-state index in [0.29, 0.717) is 5.56 Å². The van der Waals surface area contributed by atoms with Crippen LogP contribution in [0.4, 0.5) is 0 Å². The molecule has 0 fully saturated rings. The molecule has 2 aromatic rings. The first-order valence-corrected chi connectivity index (χ1v) is 6.77. The third-order valence-electron chi connectivity index (χ3n) is 2.30. The van der Waals surface area contributed by atoms with E-state index in [-0.39, 0.29) is 16.3 Å². The summed E-state index contributed by atoms with van der Waals surface area (Å²) in [5.74, 6) is -0.912. The molecule has 94 valence electrons. The van der Waals surface area contributed by atoms with Gasteiger partial charge in [0, 0.05) is 17.9 Å². The normalized spacial score (nSPS) is 11.4. The van der Waals surface area contributed by atoms with Crippen LogP contribution in [0.2, 0.25) is 0 Å². The van der Waals surface area contributed by atoms with Gasteiger partial charge in [-0.25, -0.2) is 13.2 Å². The van der Waals surface area contributed by atoms with Crippen molar-refractivity contribution in [2.45, 2.75) is 4.90 Å². The summed E-state index contributed by atoms with van der Waals surface area (Å²) < 4.78 is 27.4. The fraction of sp³-hybridized carbons (Fsp3) is 0.0909. The summed E-state index contributed by atoms with van der Waals surface area (Å²) >= 11 is 0. The summed E-state index contributed by atoms with van der Waals surface area (Å²) in [5.41, 5.74) is 0.361. The van der Waals surface area contributed by atoms with E-state index in [2.05, 4.69) is 5.16 Å². The quantitative estimate of drug-likeness (QED) is 0.903. The highest BCUT2D eigenvalue weighted by atomic mass is 32.2. The fourth-order valence-corrected chi connectivity index (χ4v) is 2.01. The number of sulfone groups is 1. The lowest BCUT2D eigenvalue weighted by atomic mass is 10.1. The molecule has 0 aliphatic carbocycles. The highest BCUT2D eigenvalue weighted by Gasteiger charge is 2.13. The molecule has 1 aromatic carbocycles. The summed E-state index contributed by atoms with van der Waals surface area (Å²) in [7, 11) is -3.25. The van der Waals surface area contributed by atoms with Crippen molar-refractivity contribution in [2.24, 2.45) is 0 Å². The molecule has 1 heterocycles. The number of carboxylic acids is 1. The minimum absolute atomic E-state index is 0.184. The Hall–Kier alpha value is -2.15. The largest absolute Gasteiger partial charge is 0.476 e. The second-order valence-corrected chi connectivity index (χ2v) is 5.69. The molecule has 0 radical (unpaired) electrons. The number of benzene rings is 1. The first kappa shape index (κ1) is 12.3. The number of rotatable bonds is 3. The van der Waals surface area contributed by atoms with Crippen molar-refractivity contribution in [3.8, 4) is 11.3 Å². The SMILES string of the molecule is CS(=O)(=O)c1ccc(-c2cc(C(=O)O)no2)cc1. The van der Waals surface area contributed by atoms with Crippen LogP contribution in [0.15, 0.2) is 39.8 Å². The topological polar surface area (TPSA) is 97.5 Å². The van der Waals surface area contributed by atoms with E-state index in [4.69, 9.17) is 9.63 Å². The Morgan fingerprint density at radius 1 is 1.28 bits per heavy atom. The van der Waals surface area contributed by atoms with E-state index in [0.717, 1.165) is 6.26 Å². The van der Waals surface area contributed by atoms with Crippen LogP contribution in [-0.4, -0.2) is 30.9 Å². The Bertz CT molecular complexity index is 684. The van der Waals surface area contributed by atoms with Gasteiger partial charge in [0.1, 0.15) is 0 Å². The van der Waals surface area contributed by atoms with Gasteiger partial charge in [-0.15, -0.1) is 0 Å². The number of aromatic nitrogens is 1. The monoisotopic (exact) mass is 267 g/mol. The standard InChI is InChI=1S/C11H9NO5S/c1-18(15,16)8-4-2-7(3-5-8)10-6-9(11(13)14)12-17-10/h2-6H,1H3,(H,13,14). The zero-order chi connectivity index (χ0) is 13.3. The van der Waals surface area contributed by atoms with Crippen molar-refractivity contribution in [3.05, 3.63) is 36.0 Å². The predicted molar refractivity (Wildman–Crippen MR) is 62.0 cm³/mol. The van der Waals surface area contributed by atoms with Gasteiger partial charge in [0.2, 0.25) is 0 Å². The van der Waals surface area contributed by atoms with Crippen LogP contribution in [0.1, 0.15) is 10.5 Å². The van der Waals surface area contributed by atoms with E-state index in [9.17, 15) is 13.2 Å². The van der Waals surface area contributed by atoms with Crippen LogP contribution < -0.4 is 0 Å². The summed E-state index contributed by atoms with van der Waals surface area (Å²) in [6, 6.07) is 7.18. The van der Waals surface area contributed by atoms with Gasteiger partial charge in [-0.1, -0.05) is 5.16 Å². The second kappa shape index (κ2) is 4.26. The number of carbonyl (C=O) groups is 1.